The van der Waals surface area contributed by atoms with Crippen LogP contribution in [0.1, 0.15) is 47.6 Å². The highest BCUT2D eigenvalue weighted by molar-refractivity contribution is 5.80. The van der Waals surface area contributed by atoms with Gasteiger partial charge in [0.2, 0.25) is 0 Å². The van der Waals surface area contributed by atoms with Crippen molar-refractivity contribution in [1.29, 1.82) is 0 Å². The van der Waals surface area contributed by atoms with Crippen molar-refractivity contribution in [1.82, 2.24) is 0 Å². The number of ether oxygens (including phenoxy) is 1. The lowest BCUT2D eigenvalue weighted by molar-refractivity contribution is -0.151. The van der Waals surface area contributed by atoms with E-state index in [0.29, 0.717) is 5.69 Å². The number of carbonyl (C=O) groups is 1. The van der Waals surface area contributed by atoms with Crippen LogP contribution in [0, 0.1) is 19.3 Å². The number of hydrazine groups is 1. The number of rotatable bonds is 6. The normalized spacial score (nSPS) is 12.6. The molecule has 0 heterocycles. The van der Waals surface area contributed by atoms with E-state index in [0.717, 1.165) is 33.5 Å². The molecule has 0 spiro atoms. The van der Waals surface area contributed by atoms with E-state index in [1.807, 2.05) is 58.0 Å². The van der Waals surface area contributed by atoms with Crippen molar-refractivity contribution in [3.8, 4) is 0 Å². The summed E-state index contributed by atoms with van der Waals surface area (Å²) in [7, 11) is 3.12. The predicted octanol–water partition coefficient (Wildman–Crippen LogP) is 3.02. The van der Waals surface area contributed by atoms with E-state index in [1.54, 1.807) is 7.05 Å². The second-order valence-electron chi connectivity index (χ2n) is 7.81. The molecule has 2 aromatic carbocycles. The number of carbonyl (C=O) groups excluding carboxylic acids is 1. The predicted molar refractivity (Wildman–Crippen MR) is 113 cm³/mol. The molecule has 0 amide bonds. The lowest BCUT2D eigenvalue weighted by Gasteiger charge is -2.34. The molecule has 0 bridgehead atoms. The van der Waals surface area contributed by atoms with Gasteiger partial charge in [0.25, 0.3) is 0 Å². The van der Waals surface area contributed by atoms with Crippen LogP contribution in [-0.4, -0.2) is 25.2 Å². The molecule has 1 unspecified atom stereocenters. The van der Waals surface area contributed by atoms with Crippen molar-refractivity contribution in [2.24, 2.45) is 11.3 Å². The number of aliphatic hydroxyl groups is 1. The lowest BCUT2D eigenvalue weighted by atomic mass is 9.69. The Morgan fingerprint density at radius 1 is 1.25 bits per heavy atom. The molecule has 6 heteroatoms. The maximum Gasteiger partial charge on any atom is 0.312 e. The summed E-state index contributed by atoms with van der Waals surface area (Å²) in [6.45, 7) is 7.54. The molecule has 0 aromatic heterocycles. The molecule has 152 valence electrons. The van der Waals surface area contributed by atoms with E-state index in [1.165, 1.54) is 12.1 Å². The number of anilines is 2. The van der Waals surface area contributed by atoms with Crippen molar-refractivity contribution in [2.75, 3.05) is 24.9 Å². The average Bonchev–Trinajstić information content (AvgIpc) is 2.65. The first-order valence-electron chi connectivity index (χ1n) is 9.22. The number of esters is 1. The summed E-state index contributed by atoms with van der Waals surface area (Å²) in [6.07, 6.45) is 0. The standard InChI is InChI=1S/C22H31N3O3/c1-13-7-8-15(11-16(13)12-26)19(22(3,4)21(27)28-6)17-9-10-18(25(5)24)20(23)14(17)2/h7-11,19,26H,12,23-24H2,1-6H3. The first kappa shape index (κ1) is 21.7. The van der Waals surface area contributed by atoms with Crippen LogP contribution < -0.4 is 16.6 Å². The Kier molecular flexibility index (Phi) is 6.37. The Morgan fingerprint density at radius 2 is 1.89 bits per heavy atom. The van der Waals surface area contributed by atoms with Crippen LogP contribution in [0.2, 0.25) is 0 Å². The molecule has 1 atom stereocenters. The van der Waals surface area contributed by atoms with E-state index >= 15 is 0 Å². The highest BCUT2D eigenvalue weighted by Crippen LogP contribution is 2.45. The summed E-state index contributed by atoms with van der Waals surface area (Å²) in [6, 6.07) is 9.71. The van der Waals surface area contributed by atoms with Gasteiger partial charge in [-0.05, 0) is 61.6 Å². The van der Waals surface area contributed by atoms with Gasteiger partial charge in [-0.3, -0.25) is 4.79 Å². The SMILES string of the molecule is COC(=O)C(C)(C)C(c1ccc(C)c(CO)c1)c1ccc(N(C)N)c(N)c1C. The lowest BCUT2D eigenvalue weighted by Crippen LogP contribution is -2.34. The summed E-state index contributed by atoms with van der Waals surface area (Å²) in [5.74, 6) is 5.25. The third-order valence-electron chi connectivity index (χ3n) is 5.53. The fourth-order valence-electron chi connectivity index (χ4n) is 3.76. The van der Waals surface area contributed by atoms with Crippen LogP contribution in [-0.2, 0) is 16.1 Å². The molecule has 0 saturated carbocycles. The number of hydrogen-bond acceptors (Lipinski definition) is 6. The fraction of sp³-hybridized carbons (Fsp3) is 0.409. The van der Waals surface area contributed by atoms with Crippen molar-refractivity contribution in [3.63, 3.8) is 0 Å². The second kappa shape index (κ2) is 8.20. The number of benzene rings is 2. The van der Waals surface area contributed by atoms with Crippen LogP contribution in [0.5, 0.6) is 0 Å². The molecule has 5 N–H and O–H groups in total. The summed E-state index contributed by atoms with van der Waals surface area (Å²) in [4.78, 5) is 12.7. The van der Waals surface area contributed by atoms with Gasteiger partial charge >= 0.3 is 5.97 Å². The monoisotopic (exact) mass is 385 g/mol. The number of methoxy groups -OCH3 is 1. The maximum atomic E-state index is 12.7. The number of hydrogen-bond donors (Lipinski definition) is 3. The van der Waals surface area contributed by atoms with Gasteiger partial charge in [0.15, 0.2) is 0 Å². The largest absolute Gasteiger partial charge is 0.469 e. The Bertz CT molecular complexity index is 876. The molecule has 0 fully saturated rings. The number of aliphatic hydroxyl groups excluding tert-OH is 1. The Balaban J connectivity index is 2.77. The third kappa shape index (κ3) is 3.84. The van der Waals surface area contributed by atoms with Crippen LogP contribution in [0.3, 0.4) is 0 Å². The number of aryl methyl sites for hydroxylation is 1. The van der Waals surface area contributed by atoms with Crippen molar-refractivity contribution in [2.45, 2.75) is 40.2 Å². The van der Waals surface area contributed by atoms with E-state index < -0.39 is 5.41 Å². The molecule has 0 saturated heterocycles. The van der Waals surface area contributed by atoms with Gasteiger partial charge < -0.3 is 20.6 Å². The van der Waals surface area contributed by atoms with Crippen molar-refractivity contribution in [3.05, 3.63) is 58.1 Å². The van der Waals surface area contributed by atoms with Gasteiger partial charge in [0, 0.05) is 13.0 Å². The van der Waals surface area contributed by atoms with Gasteiger partial charge in [-0.25, -0.2) is 5.84 Å². The first-order valence-corrected chi connectivity index (χ1v) is 9.22. The van der Waals surface area contributed by atoms with Crippen LogP contribution in [0.4, 0.5) is 11.4 Å². The van der Waals surface area contributed by atoms with Crippen molar-refractivity contribution < 1.29 is 14.6 Å². The minimum absolute atomic E-state index is 0.0664. The topological polar surface area (TPSA) is 102 Å². The van der Waals surface area contributed by atoms with Gasteiger partial charge in [-0.15, -0.1) is 0 Å². The zero-order chi connectivity index (χ0) is 21.2. The van der Waals surface area contributed by atoms with E-state index in [2.05, 4.69) is 0 Å². The minimum atomic E-state index is -0.857. The van der Waals surface area contributed by atoms with E-state index in [4.69, 9.17) is 16.3 Å². The van der Waals surface area contributed by atoms with Crippen molar-refractivity contribution >= 4 is 17.3 Å². The molecule has 6 nitrogen and oxygen atoms in total. The zero-order valence-corrected chi connectivity index (χ0v) is 17.5. The smallest absolute Gasteiger partial charge is 0.312 e. The number of nitrogen functional groups attached to an aromatic ring is 1. The molecular formula is C22H31N3O3. The Labute approximate surface area is 167 Å². The Hall–Kier alpha value is -2.57. The number of nitrogens with two attached hydrogens (primary N) is 2. The molecule has 0 aliphatic carbocycles. The van der Waals surface area contributed by atoms with Crippen LogP contribution in [0.25, 0.3) is 0 Å². The Morgan fingerprint density at radius 3 is 2.43 bits per heavy atom. The molecule has 0 aliphatic rings. The molecule has 2 aromatic rings. The molecule has 2 rings (SSSR count). The highest BCUT2D eigenvalue weighted by Gasteiger charge is 2.41. The maximum absolute atomic E-state index is 12.7. The summed E-state index contributed by atoms with van der Waals surface area (Å²) in [5.41, 5.74) is 11.3. The number of nitrogens with zero attached hydrogens (tertiary/aromatic N) is 1. The van der Waals surface area contributed by atoms with E-state index in [-0.39, 0.29) is 18.5 Å². The summed E-state index contributed by atoms with van der Waals surface area (Å²) < 4.78 is 5.10. The average molecular weight is 386 g/mol. The van der Waals surface area contributed by atoms with Crippen LogP contribution in [0.15, 0.2) is 30.3 Å². The first-order chi connectivity index (χ1) is 13.1. The van der Waals surface area contributed by atoms with Gasteiger partial charge in [-0.1, -0.05) is 24.3 Å². The molecule has 0 radical (unpaired) electrons. The van der Waals surface area contributed by atoms with Gasteiger partial charge in [-0.2, -0.15) is 0 Å². The van der Waals surface area contributed by atoms with Gasteiger partial charge in [0.1, 0.15) is 0 Å². The molecule has 0 aliphatic heterocycles. The second-order valence-corrected chi connectivity index (χ2v) is 7.81. The quantitative estimate of drug-likeness (QED) is 0.306. The molecule has 28 heavy (non-hydrogen) atoms. The van der Waals surface area contributed by atoms with Crippen LogP contribution >= 0.6 is 0 Å². The zero-order valence-electron chi connectivity index (χ0n) is 17.5. The minimum Gasteiger partial charge on any atom is -0.469 e. The summed E-state index contributed by atoms with van der Waals surface area (Å²) in [5, 5.41) is 11.2. The third-order valence-corrected chi connectivity index (χ3v) is 5.53. The fourth-order valence-corrected chi connectivity index (χ4v) is 3.76. The van der Waals surface area contributed by atoms with Gasteiger partial charge in [0.05, 0.1) is 30.5 Å². The summed E-state index contributed by atoms with van der Waals surface area (Å²) >= 11 is 0. The molecular weight excluding hydrogens is 354 g/mol. The highest BCUT2D eigenvalue weighted by atomic mass is 16.5. The van der Waals surface area contributed by atoms with E-state index in [9.17, 15) is 9.90 Å².